The van der Waals surface area contributed by atoms with Crippen LogP contribution < -0.4 is 0 Å². The fraction of sp³-hybridized carbons (Fsp3) is 0.714. The summed E-state index contributed by atoms with van der Waals surface area (Å²) < 4.78 is 5.67. The fourth-order valence-electron chi connectivity index (χ4n) is 3.60. The van der Waals surface area contributed by atoms with Crippen LogP contribution in [0.5, 0.6) is 0 Å². The van der Waals surface area contributed by atoms with Crippen molar-refractivity contribution in [2.24, 2.45) is 0 Å². The van der Waals surface area contributed by atoms with Crippen LogP contribution >= 0.6 is 11.8 Å². The van der Waals surface area contributed by atoms with Crippen LogP contribution in [-0.2, 0) is 4.74 Å². The van der Waals surface area contributed by atoms with Gasteiger partial charge < -0.3 is 4.74 Å². The summed E-state index contributed by atoms with van der Waals surface area (Å²) in [7, 11) is 0. The first-order valence-electron chi connectivity index (χ1n) is 12.1. The van der Waals surface area contributed by atoms with Gasteiger partial charge in [-0.05, 0) is 118 Å². The molecule has 172 valence electrons. The molecular weight excluding hydrogens is 384 g/mol. The van der Waals surface area contributed by atoms with Gasteiger partial charge in [-0.2, -0.15) is 11.8 Å². The second-order valence-electron chi connectivity index (χ2n) is 9.80. The lowest BCUT2D eigenvalue weighted by Gasteiger charge is -2.03. The first-order valence-corrected chi connectivity index (χ1v) is 13.2. The van der Waals surface area contributed by atoms with E-state index in [0.29, 0.717) is 6.10 Å². The third kappa shape index (κ3) is 14.3. The highest BCUT2D eigenvalue weighted by Crippen LogP contribution is 2.38. The highest BCUT2D eigenvalue weighted by molar-refractivity contribution is 7.99. The zero-order valence-electron chi connectivity index (χ0n) is 21.0. The Morgan fingerprint density at radius 1 is 0.733 bits per heavy atom. The molecule has 1 fully saturated rings. The maximum atomic E-state index is 5.67. The lowest BCUT2D eigenvalue weighted by atomic mass is 10.0. The van der Waals surface area contributed by atoms with Gasteiger partial charge in [0.2, 0.25) is 0 Å². The van der Waals surface area contributed by atoms with Gasteiger partial charge in [-0.1, -0.05) is 46.6 Å². The molecule has 1 saturated heterocycles. The van der Waals surface area contributed by atoms with Crippen LogP contribution in [0.1, 0.15) is 106 Å². The molecule has 0 amide bonds. The molecule has 1 aliphatic rings. The molecule has 0 bridgehead atoms. The molecular formula is C28H48OS. The third-order valence-corrected chi connectivity index (χ3v) is 6.93. The number of rotatable bonds is 16. The van der Waals surface area contributed by atoms with Crippen molar-refractivity contribution in [3.63, 3.8) is 0 Å². The first-order chi connectivity index (χ1) is 14.2. The fourth-order valence-corrected chi connectivity index (χ4v) is 4.43. The third-order valence-electron chi connectivity index (χ3n) is 5.82. The van der Waals surface area contributed by atoms with E-state index in [9.17, 15) is 0 Å². The van der Waals surface area contributed by atoms with Gasteiger partial charge in [-0.3, -0.25) is 0 Å². The molecule has 1 nitrogen and oxygen atoms in total. The maximum Gasteiger partial charge on any atom is 0.0892 e. The Morgan fingerprint density at radius 3 is 1.90 bits per heavy atom. The van der Waals surface area contributed by atoms with Gasteiger partial charge in [-0.25, -0.2) is 0 Å². The summed E-state index contributed by atoms with van der Waals surface area (Å²) in [6.07, 6.45) is 21.0. The van der Waals surface area contributed by atoms with E-state index in [0.717, 1.165) is 0 Å². The molecule has 0 N–H and O–H groups in total. The molecule has 0 saturated carbocycles. The van der Waals surface area contributed by atoms with Crippen molar-refractivity contribution in [2.45, 2.75) is 118 Å². The molecule has 1 aliphatic heterocycles. The summed E-state index contributed by atoms with van der Waals surface area (Å²) in [4.78, 5) is 0. The lowest BCUT2D eigenvalue weighted by molar-refractivity contribution is 0.320. The van der Waals surface area contributed by atoms with Crippen LogP contribution in [0.15, 0.2) is 46.6 Å². The Hall–Kier alpha value is -0.730. The second kappa shape index (κ2) is 15.1. The van der Waals surface area contributed by atoms with E-state index < -0.39 is 0 Å². The molecule has 2 heteroatoms. The van der Waals surface area contributed by atoms with Crippen LogP contribution in [0.2, 0.25) is 0 Å². The van der Waals surface area contributed by atoms with E-state index in [1.54, 1.807) is 5.57 Å². The van der Waals surface area contributed by atoms with E-state index in [4.69, 9.17) is 4.74 Å². The Kier molecular flexibility index (Phi) is 13.8. The van der Waals surface area contributed by atoms with Gasteiger partial charge in [0.05, 0.1) is 11.7 Å². The lowest BCUT2D eigenvalue weighted by Crippen LogP contribution is -2.02. The normalized spacial score (nSPS) is 19.2. The summed E-state index contributed by atoms with van der Waals surface area (Å²) in [5.41, 5.74) is 6.19. The van der Waals surface area contributed by atoms with Gasteiger partial charge in [0.1, 0.15) is 0 Å². The Morgan fingerprint density at radius 2 is 1.30 bits per heavy atom. The highest BCUT2D eigenvalue weighted by Gasteiger charge is 2.46. The Bertz CT molecular complexity index is 602. The average Bonchev–Trinajstić information content (AvgIpc) is 3.29. The van der Waals surface area contributed by atoms with Gasteiger partial charge in [-0.15, -0.1) is 0 Å². The van der Waals surface area contributed by atoms with E-state index in [1.807, 2.05) is 0 Å². The van der Waals surface area contributed by atoms with Crippen LogP contribution in [0.4, 0.5) is 0 Å². The molecule has 0 aromatic carbocycles. The smallest absolute Gasteiger partial charge is 0.0892 e. The molecule has 0 aliphatic carbocycles. The monoisotopic (exact) mass is 432 g/mol. The van der Waals surface area contributed by atoms with Crippen LogP contribution in [0.25, 0.3) is 0 Å². The molecule has 1 heterocycles. The van der Waals surface area contributed by atoms with Crippen molar-refractivity contribution < 1.29 is 4.74 Å². The van der Waals surface area contributed by atoms with E-state index in [2.05, 4.69) is 84.5 Å². The molecule has 30 heavy (non-hydrogen) atoms. The SMILES string of the molecule is CC(C)=CCCSCCC/C(C)=C/CC/C=C(\C)CC/C=C(\C)CCC1OC1(C)C. The van der Waals surface area contributed by atoms with E-state index >= 15 is 0 Å². The minimum atomic E-state index is 0.136. The zero-order chi connectivity index (χ0) is 22.4. The van der Waals surface area contributed by atoms with Gasteiger partial charge >= 0.3 is 0 Å². The van der Waals surface area contributed by atoms with Crippen molar-refractivity contribution in [3.8, 4) is 0 Å². The first kappa shape index (κ1) is 27.3. The van der Waals surface area contributed by atoms with E-state index in [1.165, 1.54) is 86.0 Å². The number of hydrogen-bond acceptors (Lipinski definition) is 2. The van der Waals surface area contributed by atoms with Gasteiger partial charge in [0.25, 0.3) is 0 Å². The topological polar surface area (TPSA) is 12.5 Å². The molecule has 0 spiro atoms. The van der Waals surface area contributed by atoms with Crippen LogP contribution in [-0.4, -0.2) is 23.2 Å². The van der Waals surface area contributed by atoms with Crippen molar-refractivity contribution in [3.05, 3.63) is 46.6 Å². The van der Waals surface area contributed by atoms with Crippen molar-refractivity contribution in [1.29, 1.82) is 0 Å². The van der Waals surface area contributed by atoms with Crippen LogP contribution in [0, 0.1) is 0 Å². The number of unbranched alkanes of at least 4 members (excludes halogenated alkanes) is 1. The minimum absolute atomic E-state index is 0.136. The summed E-state index contributed by atoms with van der Waals surface area (Å²) >= 11 is 2.09. The van der Waals surface area contributed by atoms with E-state index in [-0.39, 0.29) is 5.60 Å². The molecule has 0 aromatic rings. The van der Waals surface area contributed by atoms with Crippen LogP contribution in [0.3, 0.4) is 0 Å². The molecule has 1 atom stereocenters. The minimum Gasteiger partial charge on any atom is -0.367 e. The summed E-state index contributed by atoms with van der Waals surface area (Å²) in [6.45, 7) is 15.6. The number of ether oxygens (including phenoxy) is 1. The predicted molar refractivity (Wildman–Crippen MR) is 139 cm³/mol. The standard InChI is InChI=1S/C28H48OS/c1-23(2)13-11-21-30-22-12-18-25(4)15-9-8-14-24(3)16-10-17-26(5)19-20-27-28(6,7)29-27/h13-15,17,27H,8-12,16,18-22H2,1-7H3/b24-14+,25-15+,26-17+. The summed E-state index contributed by atoms with van der Waals surface area (Å²) in [5, 5.41) is 0. The largest absolute Gasteiger partial charge is 0.367 e. The van der Waals surface area contributed by atoms with Crippen molar-refractivity contribution >= 4 is 11.8 Å². The summed E-state index contributed by atoms with van der Waals surface area (Å²) in [6, 6.07) is 0. The van der Waals surface area contributed by atoms with Crippen molar-refractivity contribution in [2.75, 3.05) is 11.5 Å². The maximum absolute atomic E-state index is 5.67. The van der Waals surface area contributed by atoms with Gasteiger partial charge in [0, 0.05) is 0 Å². The predicted octanol–water partition coefficient (Wildman–Crippen LogP) is 9.21. The zero-order valence-corrected chi connectivity index (χ0v) is 21.8. The average molecular weight is 433 g/mol. The molecule has 1 rings (SSSR count). The van der Waals surface area contributed by atoms with Gasteiger partial charge in [0.15, 0.2) is 0 Å². The quantitative estimate of drug-likeness (QED) is 0.137. The van der Waals surface area contributed by atoms with Crippen molar-refractivity contribution in [1.82, 2.24) is 0 Å². The number of allylic oxidation sites excluding steroid dienone is 8. The highest BCUT2D eigenvalue weighted by atomic mass is 32.2. The summed E-state index contributed by atoms with van der Waals surface area (Å²) in [5.74, 6) is 2.55. The number of thioether (sulfide) groups is 1. The molecule has 1 unspecified atom stereocenters. The number of epoxide rings is 1. The molecule has 0 aromatic heterocycles. The second-order valence-corrected chi connectivity index (χ2v) is 11.0. The number of hydrogen-bond donors (Lipinski definition) is 0. The Balaban J connectivity index is 2.05. The molecule has 0 radical (unpaired) electrons. The Labute approximate surface area is 192 Å².